The van der Waals surface area contributed by atoms with Crippen molar-refractivity contribution in [3.05, 3.63) is 53.9 Å². The first-order chi connectivity index (χ1) is 15.8. The number of aromatic nitrogens is 2. The van der Waals surface area contributed by atoms with Crippen molar-refractivity contribution < 1.29 is 19.0 Å². The third-order valence-electron chi connectivity index (χ3n) is 5.26. The standard InChI is InChI=1S/C25H28N4O4/c1-25(2,3)33-24(30)29-12-10-20(11-13-29)32-19-7-5-18(6-8-19)31-16-23-27-21-9-4-17(15-26)14-22(21)28-23/h4-9,14,20H,10-13,16H2,1-3H3,(H,27,28). The monoisotopic (exact) mass is 448 g/mol. The third kappa shape index (κ3) is 5.95. The zero-order valence-corrected chi connectivity index (χ0v) is 19.1. The lowest BCUT2D eigenvalue weighted by atomic mass is 10.1. The third-order valence-corrected chi connectivity index (χ3v) is 5.26. The number of benzene rings is 2. The molecular formula is C25H28N4O4. The van der Waals surface area contributed by atoms with Crippen LogP contribution in [0.1, 0.15) is 45.0 Å². The van der Waals surface area contributed by atoms with Gasteiger partial charge < -0.3 is 24.1 Å². The Hall–Kier alpha value is -3.73. The number of nitrogens with one attached hydrogen (secondary N) is 1. The lowest BCUT2D eigenvalue weighted by molar-refractivity contribution is 0.0126. The number of carbonyl (C=O) groups excluding carboxylic acids is 1. The van der Waals surface area contributed by atoms with E-state index in [0.29, 0.717) is 36.8 Å². The van der Waals surface area contributed by atoms with Gasteiger partial charge in [0.2, 0.25) is 0 Å². The fourth-order valence-corrected chi connectivity index (χ4v) is 3.64. The Bertz CT molecular complexity index is 1150. The van der Waals surface area contributed by atoms with Crippen LogP contribution in [-0.2, 0) is 11.3 Å². The molecule has 0 saturated carbocycles. The van der Waals surface area contributed by atoms with E-state index in [1.807, 2.05) is 51.1 Å². The quantitative estimate of drug-likeness (QED) is 0.602. The van der Waals surface area contributed by atoms with Crippen molar-refractivity contribution in [1.29, 1.82) is 5.26 Å². The molecule has 2 aromatic carbocycles. The van der Waals surface area contributed by atoms with Crippen molar-refractivity contribution >= 4 is 17.1 Å². The Balaban J connectivity index is 1.25. The number of nitrogens with zero attached hydrogens (tertiary/aromatic N) is 3. The first-order valence-electron chi connectivity index (χ1n) is 11.1. The molecule has 1 fully saturated rings. The molecule has 1 saturated heterocycles. The van der Waals surface area contributed by atoms with E-state index < -0.39 is 5.60 Å². The van der Waals surface area contributed by atoms with Gasteiger partial charge in [-0.2, -0.15) is 5.26 Å². The maximum Gasteiger partial charge on any atom is 0.410 e. The molecule has 3 aromatic rings. The summed E-state index contributed by atoms with van der Waals surface area (Å²) in [7, 11) is 0. The van der Waals surface area contributed by atoms with Gasteiger partial charge in [0.15, 0.2) is 0 Å². The number of rotatable bonds is 5. The molecule has 1 aromatic heterocycles. The van der Waals surface area contributed by atoms with E-state index in [-0.39, 0.29) is 12.2 Å². The number of likely N-dealkylation sites (tertiary alicyclic amines) is 1. The van der Waals surface area contributed by atoms with Crippen LogP contribution in [0.4, 0.5) is 4.79 Å². The number of amides is 1. The van der Waals surface area contributed by atoms with E-state index in [4.69, 9.17) is 19.5 Å². The molecule has 172 valence electrons. The Kier molecular flexibility index (Phi) is 6.40. The number of piperidine rings is 1. The van der Waals surface area contributed by atoms with E-state index >= 15 is 0 Å². The van der Waals surface area contributed by atoms with Gasteiger partial charge in [-0.15, -0.1) is 0 Å². The van der Waals surface area contributed by atoms with E-state index in [2.05, 4.69) is 16.0 Å². The SMILES string of the molecule is CC(C)(C)OC(=O)N1CCC(Oc2ccc(OCc3nc4ccc(C#N)cc4[nH]3)cc2)CC1. The van der Waals surface area contributed by atoms with Gasteiger partial charge in [-0.1, -0.05) is 0 Å². The minimum Gasteiger partial charge on any atom is -0.490 e. The second-order valence-corrected chi connectivity index (χ2v) is 9.07. The predicted molar refractivity (Wildman–Crippen MR) is 123 cm³/mol. The van der Waals surface area contributed by atoms with Gasteiger partial charge in [0.05, 0.1) is 22.7 Å². The minimum absolute atomic E-state index is 0.0595. The summed E-state index contributed by atoms with van der Waals surface area (Å²) in [4.78, 5) is 21.6. The predicted octanol–water partition coefficient (Wildman–Crippen LogP) is 4.79. The van der Waals surface area contributed by atoms with Gasteiger partial charge in [0.25, 0.3) is 0 Å². The molecule has 8 nitrogen and oxygen atoms in total. The van der Waals surface area contributed by atoms with Crippen LogP contribution in [0.25, 0.3) is 11.0 Å². The van der Waals surface area contributed by atoms with Crippen molar-refractivity contribution in [1.82, 2.24) is 14.9 Å². The molecule has 4 rings (SSSR count). The number of hydrogen-bond acceptors (Lipinski definition) is 6. The molecular weight excluding hydrogens is 420 g/mol. The highest BCUT2D eigenvalue weighted by atomic mass is 16.6. The maximum atomic E-state index is 12.2. The minimum atomic E-state index is -0.487. The number of fused-ring (bicyclic) bond motifs is 1. The molecule has 1 N–H and O–H groups in total. The molecule has 0 atom stereocenters. The highest BCUT2D eigenvalue weighted by Crippen LogP contribution is 2.23. The molecule has 2 heterocycles. The van der Waals surface area contributed by atoms with Crippen LogP contribution in [0, 0.1) is 11.3 Å². The summed E-state index contributed by atoms with van der Waals surface area (Å²) in [6, 6.07) is 14.9. The fraction of sp³-hybridized carbons (Fsp3) is 0.400. The van der Waals surface area contributed by atoms with Crippen molar-refractivity contribution in [3.63, 3.8) is 0 Å². The number of H-pyrrole nitrogens is 1. The van der Waals surface area contributed by atoms with Crippen molar-refractivity contribution in [2.45, 2.75) is 51.9 Å². The molecule has 0 spiro atoms. The van der Waals surface area contributed by atoms with Crippen molar-refractivity contribution in [3.8, 4) is 17.6 Å². The summed E-state index contributed by atoms with van der Waals surface area (Å²) < 4.78 is 17.4. The van der Waals surface area contributed by atoms with E-state index in [1.165, 1.54) is 0 Å². The van der Waals surface area contributed by atoms with Crippen LogP contribution >= 0.6 is 0 Å². The summed E-state index contributed by atoms with van der Waals surface area (Å²) in [5.41, 5.74) is 1.72. The zero-order chi connectivity index (χ0) is 23.4. The molecule has 1 aliphatic rings. The summed E-state index contributed by atoms with van der Waals surface area (Å²) in [6.45, 7) is 7.14. The van der Waals surface area contributed by atoms with E-state index in [1.54, 1.807) is 17.0 Å². The van der Waals surface area contributed by atoms with Gasteiger partial charge in [0, 0.05) is 25.9 Å². The molecule has 0 bridgehead atoms. The Morgan fingerprint density at radius 2 is 1.85 bits per heavy atom. The second kappa shape index (κ2) is 9.41. The number of imidazole rings is 1. The summed E-state index contributed by atoms with van der Waals surface area (Å²) in [5.74, 6) is 2.17. The first-order valence-corrected chi connectivity index (χ1v) is 11.1. The summed E-state index contributed by atoms with van der Waals surface area (Å²) in [5, 5.41) is 9.01. The molecule has 1 aliphatic heterocycles. The van der Waals surface area contributed by atoms with Crippen molar-refractivity contribution in [2.24, 2.45) is 0 Å². The molecule has 0 unspecified atom stereocenters. The first kappa shape index (κ1) is 22.5. The van der Waals surface area contributed by atoms with Gasteiger partial charge >= 0.3 is 6.09 Å². The van der Waals surface area contributed by atoms with Gasteiger partial charge in [-0.05, 0) is 63.2 Å². The summed E-state index contributed by atoms with van der Waals surface area (Å²) >= 11 is 0. The molecule has 0 aliphatic carbocycles. The molecule has 8 heteroatoms. The number of hydrogen-bond donors (Lipinski definition) is 1. The highest BCUT2D eigenvalue weighted by Gasteiger charge is 2.27. The largest absolute Gasteiger partial charge is 0.490 e. The van der Waals surface area contributed by atoms with Crippen LogP contribution in [0.5, 0.6) is 11.5 Å². The number of carbonyl (C=O) groups is 1. The van der Waals surface area contributed by atoms with Crippen LogP contribution < -0.4 is 9.47 Å². The van der Waals surface area contributed by atoms with E-state index in [0.717, 1.165) is 29.6 Å². The van der Waals surface area contributed by atoms with Gasteiger partial charge in [-0.3, -0.25) is 0 Å². The molecule has 33 heavy (non-hydrogen) atoms. The number of aromatic amines is 1. The smallest absolute Gasteiger partial charge is 0.410 e. The normalized spacial score (nSPS) is 14.7. The average molecular weight is 449 g/mol. The Morgan fingerprint density at radius 1 is 1.15 bits per heavy atom. The van der Waals surface area contributed by atoms with Crippen LogP contribution in [0.15, 0.2) is 42.5 Å². The van der Waals surface area contributed by atoms with Crippen molar-refractivity contribution in [2.75, 3.05) is 13.1 Å². The van der Waals surface area contributed by atoms with Crippen LogP contribution in [0.3, 0.4) is 0 Å². The topological polar surface area (TPSA) is 100 Å². The Morgan fingerprint density at radius 3 is 2.52 bits per heavy atom. The second-order valence-electron chi connectivity index (χ2n) is 9.07. The van der Waals surface area contributed by atoms with Crippen LogP contribution in [-0.4, -0.2) is 45.8 Å². The highest BCUT2D eigenvalue weighted by molar-refractivity contribution is 5.76. The number of nitriles is 1. The lowest BCUT2D eigenvalue weighted by Gasteiger charge is -2.33. The molecule has 1 amide bonds. The maximum absolute atomic E-state index is 12.2. The van der Waals surface area contributed by atoms with E-state index in [9.17, 15) is 4.79 Å². The lowest BCUT2D eigenvalue weighted by Crippen LogP contribution is -2.44. The Labute approximate surface area is 193 Å². The summed E-state index contributed by atoms with van der Waals surface area (Å²) in [6.07, 6.45) is 1.32. The fourth-order valence-electron chi connectivity index (χ4n) is 3.64. The number of ether oxygens (including phenoxy) is 3. The van der Waals surface area contributed by atoms with Crippen LogP contribution in [0.2, 0.25) is 0 Å². The van der Waals surface area contributed by atoms with Gasteiger partial charge in [0.1, 0.15) is 35.6 Å². The zero-order valence-electron chi connectivity index (χ0n) is 19.1. The van der Waals surface area contributed by atoms with Gasteiger partial charge in [-0.25, -0.2) is 9.78 Å². The molecule has 0 radical (unpaired) electrons. The average Bonchev–Trinajstić information content (AvgIpc) is 3.20.